The number of carbonyl (C=O) groups is 1. The van der Waals surface area contributed by atoms with Crippen molar-refractivity contribution in [2.45, 2.75) is 46.1 Å². The zero-order valence-corrected chi connectivity index (χ0v) is 19.0. The number of nitrogens with zero attached hydrogens (tertiary/aromatic N) is 1. The molecule has 7 heteroatoms. The highest BCUT2D eigenvalue weighted by molar-refractivity contribution is 7.92. The highest BCUT2D eigenvalue weighted by Crippen LogP contribution is 2.28. The van der Waals surface area contributed by atoms with Crippen LogP contribution in [0.25, 0.3) is 0 Å². The van der Waals surface area contributed by atoms with Gasteiger partial charge in [0.05, 0.1) is 18.0 Å². The molecule has 0 aromatic heterocycles. The van der Waals surface area contributed by atoms with E-state index >= 15 is 0 Å². The molecule has 0 saturated carbocycles. The summed E-state index contributed by atoms with van der Waals surface area (Å²) in [5.74, 6) is -0.103. The zero-order valence-electron chi connectivity index (χ0n) is 17.4. The van der Waals surface area contributed by atoms with Crippen LogP contribution in [0.3, 0.4) is 0 Å². The van der Waals surface area contributed by atoms with E-state index in [0.717, 1.165) is 18.2 Å². The number of hydrogen-bond donors (Lipinski definition) is 1. The Morgan fingerprint density at radius 2 is 1.83 bits per heavy atom. The number of anilines is 1. The molecule has 1 amide bonds. The molecule has 0 unspecified atom stereocenters. The number of rotatable bonds is 9. The Morgan fingerprint density at radius 1 is 1.17 bits per heavy atom. The smallest absolute Gasteiger partial charge is 0.232 e. The summed E-state index contributed by atoms with van der Waals surface area (Å²) in [6, 6.07) is 13.3. The van der Waals surface area contributed by atoms with Crippen LogP contribution in [0.1, 0.15) is 49.4 Å². The molecular formula is C22H29ClN2O3S. The SMILES string of the molecule is CCc1ccc([C@@H](C)NC(=O)CCCN(c2cccc(Cl)c2C)S(C)(=O)=O)cc1. The fourth-order valence-corrected chi connectivity index (χ4v) is 4.34. The molecule has 0 aliphatic carbocycles. The Morgan fingerprint density at radius 3 is 2.41 bits per heavy atom. The average molecular weight is 437 g/mol. The average Bonchev–Trinajstić information content (AvgIpc) is 2.67. The molecule has 0 aliphatic heterocycles. The summed E-state index contributed by atoms with van der Waals surface area (Å²) in [6.45, 7) is 6.04. The van der Waals surface area contributed by atoms with Crippen LogP contribution >= 0.6 is 11.6 Å². The standard InChI is InChI=1S/C22H29ClN2O3S/c1-5-18-11-13-19(14-12-18)17(3)24-22(26)10-7-15-25(29(4,27)28)21-9-6-8-20(23)16(21)2/h6,8-9,11-14,17H,5,7,10,15H2,1-4H3,(H,24,26)/t17-/m1/s1. The lowest BCUT2D eigenvalue weighted by atomic mass is 10.0. The molecule has 158 valence electrons. The number of halogens is 1. The van der Waals surface area contributed by atoms with Crippen molar-refractivity contribution in [3.05, 3.63) is 64.2 Å². The molecule has 5 nitrogen and oxygen atoms in total. The zero-order chi connectivity index (χ0) is 21.6. The maximum absolute atomic E-state index is 12.3. The molecule has 1 N–H and O–H groups in total. The van der Waals surface area contributed by atoms with Gasteiger partial charge >= 0.3 is 0 Å². The second kappa shape index (κ2) is 10.1. The van der Waals surface area contributed by atoms with Gasteiger partial charge in [0.1, 0.15) is 0 Å². The number of hydrogen-bond acceptors (Lipinski definition) is 3. The molecule has 0 spiro atoms. The molecule has 0 bridgehead atoms. The Bertz CT molecular complexity index is 943. The van der Waals surface area contributed by atoms with Gasteiger partial charge in [0.25, 0.3) is 0 Å². The number of amides is 1. The fraction of sp³-hybridized carbons (Fsp3) is 0.409. The molecule has 0 heterocycles. The lowest BCUT2D eigenvalue weighted by Gasteiger charge is -2.24. The van der Waals surface area contributed by atoms with E-state index in [-0.39, 0.29) is 24.9 Å². The van der Waals surface area contributed by atoms with Crippen LogP contribution in [0.15, 0.2) is 42.5 Å². The van der Waals surface area contributed by atoms with Gasteiger partial charge in [-0.15, -0.1) is 0 Å². The number of benzene rings is 2. The number of aryl methyl sites for hydroxylation is 1. The lowest BCUT2D eigenvalue weighted by molar-refractivity contribution is -0.121. The van der Waals surface area contributed by atoms with Gasteiger partial charge in [0, 0.05) is 18.0 Å². The Kier molecular flexibility index (Phi) is 8.11. The molecule has 2 aromatic rings. The Balaban J connectivity index is 1.96. The van der Waals surface area contributed by atoms with Crippen molar-refractivity contribution in [3.63, 3.8) is 0 Å². The van der Waals surface area contributed by atoms with Crippen molar-refractivity contribution in [3.8, 4) is 0 Å². The topological polar surface area (TPSA) is 66.5 Å². The van der Waals surface area contributed by atoms with Gasteiger partial charge in [0.15, 0.2) is 0 Å². The number of nitrogens with one attached hydrogen (secondary N) is 1. The van der Waals surface area contributed by atoms with Crippen LogP contribution in [0, 0.1) is 6.92 Å². The molecule has 2 rings (SSSR count). The largest absolute Gasteiger partial charge is 0.350 e. The predicted molar refractivity (Wildman–Crippen MR) is 120 cm³/mol. The van der Waals surface area contributed by atoms with Gasteiger partial charge in [-0.3, -0.25) is 9.10 Å². The molecule has 0 fully saturated rings. The van der Waals surface area contributed by atoms with Crippen LogP contribution in [0.4, 0.5) is 5.69 Å². The van der Waals surface area contributed by atoms with Crippen molar-refractivity contribution in [1.82, 2.24) is 5.32 Å². The minimum Gasteiger partial charge on any atom is -0.350 e. The predicted octanol–water partition coefficient (Wildman–Crippen LogP) is 4.63. The Labute approximate surface area is 179 Å². The first-order valence-electron chi connectivity index (χ1n) is 9.74. The summed E-state index contributed by atoms with van der Waals surface area (Å²) in [5.41, 5.74) is 3.55. The normalized spacial score (nSPS) is 12.4. The van der Waals surface area contributed by atoms with Crippen molar-refractivity contribution in [2.24, 2.45) is 0 Å². The van der Waals surface area contributed by atoms with Gasteiger partial charge in [-0.25, -0.2) is 8.42 Å². The van der Waals surface area contributed by atoms with Crippen molar-refractivity contribution < 1.29 is 13.2 Å². The second-order valence-corrected chi connectivity index (χ2v) is 9.52. The van der Waals surface area contributed by atoms with E-state index in [1.54, 1.807) is 25.1 Å². The van der Waals surface area contributed by atoms with Crippen molar-refractivity contribution >= 4 is 33.2 Å². The van der Waals surface area contributed by atoms with Gasteiger partial charge in [-0.05, 0) is 55.5 Å². The highest BCUT2D eigenvalue weighted by atomic mass is 35.5. The van der Waals surface area contributed by atoms with E-state index in [9.17, 15) is 13.2 Å². The minimum atomic E-state index is -3.48. The van der Waals surface area contributed by atoms with E-state index in [2.05, 4.69) is 24.4 Å². The van der Waals surface area contributed by atoms with Crippen molar-refractivity contribution in [1.29, 1.82) is 0 Å². The third-order valence-electron chi connectivity index (χ3n) is 4.94. The lowest BCUT2D eigenvalue weighted by Crippen LogP contribution is -2.33. The maximum Gasteiger partial charge on any atom is 0.232 e. The third kappa shape index (κ3) is 6.47. The van der Waals surface area contributed by atoms with Crippen LogP contribution in [0.2, 0.25) is 5.02 Å². The van der Waals surface area contributed by atoms with E-state index in [4.69, 9.17) is 11.6 Å². The first kappa shape index (κ1) is 23.2. The summed E-state index contributed by atoms with van der Waals surface area (Å²) >= 11 is 6.14. The summed E-state index contributed by atoms with van der Waals surface area (Å²) in [6.07, 6.45) is 2.79. The summed E-state index contributed by atoms with van der Waals surface area (Å²) in [7, 11) is -3.48. The first-order chi connectivity index (χ1) is 13.6. The first-order valence-corrected chi connectivity index (χ1v) is 12.0. The van der Waals surface area contributed by atoms with Crippen molar-refractivity contribution in [2.75, 3.05) is 17.1 Å². The molecule has 0 radical (unpaired) electrons. The van der Waals surface area contributed by atoms with Crippen LogP contribution in [0.5, 0.6) is 0 Å². The highest BCUT2D eigenvalue weighted by Gasteiger charge is 2.20. The molecule has 1 atom stereocenters. The summed E-state index contributed by atoms with van der Waals surface area (Å²) in [5, 5.41) is 3.49. The molecule has 0 saturated heterocycles. The summed E-state index contributed by atoms with van der Waals surface area (Å²) in [4.78, 5) is 12.3. The fourth-order valence-electron chi connectivity index (χ4n) is 3.15. The van der Waals surface area contributed by atoms with Crippen LogP contribution in [-0.2, 0) is 21.2 Å². The molecule has 2 aromatic carbocycles. The van der Waals surface area contributed by atoms with Gasteiger partial charge < -0.3 is 5.32 Å². The van der Waals surface area contributed by atoms with Gasteiger partial charge in [-0.1, -0.05) is 48.9 Å². The number of carbonyl (C=O) groups excluding carboxylic acids is 1. The van der Waals surface area contributed by atoms with Crippen LogP contribution < -0.4 is 9.62 Å². The number of sulfonamides is 1. The molecule has 0 aliphatic rings. The van der Waals surface area contributed by atoms with E-state index < -0.39 is 10.0 Å². The third-order valence-corrected chi connectivity index (χ3v) is 6.53. The quantitative estimate of drug-likeness (QED) is 0.622. The summed E-state index contributed by atoms with van der Waals surface area (Å²) < 4.78 is 25.9. The van der Waals surface area contributed by atoms with E-state index in [0.29, 0.717) is 22.7 Å². The molecular weight excluding hydrogens is 408 g/mol. The minimum absolute atomic E-state index is 0.102. The van der Waals surface area contributed by atoms with Crippen LogP contribution in [-0.4, -0.2) is 27.1 Å². The molecule has 29 heavy (non-hydrogen) atoms. The van der Waals surface area contributed by atoms with E-state index in [1.165, 1.54) is 9.87 Å². The van der Waals surface area contributed by atoms with Gasteiger partial charge in [-0.2, -0.15) is 0 Å². The Hall–Kier alpha value is -2.05. The van der Waals surface area contributed by atoms with Gasteiger partial charge in [0.2, 0.25) is 15.9 Å². The monoisotopic (exact) mass is 436 g/mol. The van der Waals surface area contributed by atoms with E-state index in [1.807, 2.05) is 19.1 Å². The maximum atomic E-state index is 12.3. The second-order valence-electron chi connectivity index (χ2n) is 7.21.